The number of hydrogen-bond donors (Lipinski definition) is 0. The van der Waals surface area contributed by atoms with E-state index in [1.54, 1.807) is 0 Å². The Morgan fingerprint density at radius 2 is 0.309 bits per heavy atom. The van der Waals surface area contributed by atoms with Crippen molar-refractivity contribution in [1.29, 1.82) is 0 Å². The Labute approximate surface area is 400 Å². The first-order valence-corrected chi connectivity index (χ1v) is 23.8. The Balaban J connectivity index is 1.34. The van der Waals surface area contributed by atoms with Crippen LogP contribution in [-0.2, 0) is 12.8 Å². The Kier molecular flexibility index (Phi) is 10.8. The van der Waals surface area contributed by atoms with Gasteiger partial charge in [0.2, 0.25) is 0 Å². The molecule has 0 aromatic heterocycles. The summed E-state index contributed by atoms with van der Waals surface area (Å²) >= 11 is 0. The molecule has 0 heteroatoms. The van der Waals surface area contributed by atoms with Crippen LogP contribution in [-0.4, -0.2) is 0 Å². The van der Waals surface area contributed by atoms with Gasteiger partial charge in [0.05, 0.1) is 0 Å². The van der Waals surface area contributed by atoms with Crippen molar-refractivity contribution in [2.24, 2.45) is 0 Å². The topological polar surface area (TPSA) is 0 Å². The first-order chi connectivity index (χ1) is 33.8. The number of hydrogen-bond acceptors (Lipinski definition) is 0. The zero-order valence-electron chi connectivity index (χ0n) is 37.8. The number of fused-ring (bicyclic) bond motifs is 5. The molecule has 0 bridgehead atoms. The van der Waals surface area contributed by atoms with Gasteiger partial charge in [-0.2, -0.15) is 0 Å². The van der Waals surface area contributed by atoms with E-state index in [1.165, 1.54) is 122 Å². The molecule has 320 valence electrons. The van der Waals surface area contributed by atoms with Gasteiger partial charge in [0.1, 0.15) is 0 Å². The van der Waals surface area contributed by atoms with Crippen molar-refractivity contribution >= 4 is 0 Å². The Morgan fingerprint density at radius 3 is 0.529 bits per heavy atom. The molecule has 0 atom stereocenters. The molecular formula is C68H48. The van der Waals surface area contributed by atoms with Crippen LogP contribution in [0.15, 0.2) is 267 Å². The SMILES string of the molecule is c1ccc(-c2c3c(c(-c4ccccc4)c(-c4ccccc4)c2-c2ccccc2)-c2ccccc2-c2c(c(-c4ccccc4)c(-c4ccccc4)c(-c4ccccc4)c2-c2ccccc2)CC3)cc1. The minimum atomic E-state index is 0.808. The van der Waals surface area contributed by atoms with E-state index in [2.05, 4.69) is 267 Å². The van der Waals surface area contributed by atoms with Crippen molar-refractivity contribution < 1.29 is 0 Å². The van der Waals surface area contributed by atoms with Crippen molar-refractivity contribution in [3.63, 3.8) is 0 Å². The van der Waals surface area contributed by atoms with E-state index in [9.17, 15) is 0 Å². The first-order valence-electron chi connectivity index (χ1n) is 23.8. The third-order valence-corrected chi connectivity index (χ3v) is 13.8. The lowest BCUT2D eigenvalue weighted by Gasteiger charge is -2.34. The molecule has 12 rings (SSSR count). The van der Waals surface area contributed by atoms with Crippen molar-refractivity contribution in [1.82, 2.24) is 0 Å². The van der Waals surface area contributed by atoms with Crippen LogP contribution in [0.2, 0.25) is 0 Å². The fourth-order valence-corrected chi connectivity index (χ4v) is 11.1. The van der Waals surface area contributed by atoms with Crippen molar-refractivity contribution in [3.8, 4) is 111 Å². The Morgan fingerprint density at radius 1 is 0.147 bits per heavy atom. The van der Waals surface area contributed by atoms with Gasteiger partial charge >= 0.3 is 0 Å². The summed E-state index contributed by atoms with van der Waals surface area (Å²) in [6.07, 6.45) is 1.62. The zero-order chi connectivity index (χ0) is 45.2. The normalized spacial score (nSPS) is 11.7. The summed E-state index contributed by atoms with van der Waals surface area (Å²) < 4.78 is 0. The van der Waals surface area contributed by atoms with Crippen LogP contribution in [0.1, 0.15) is 11.1 Å². The van der Waals surface area contributed by atoms with Gasteiger partial charge in [-0.05, 0) is 135 Å². The van der Waals surface area contributed by atoms with Gasteiger partial charge in [-0.15, -0.1) is 0 Å². The van der Waals surface area contributed by atoms with E-state index < -0.39 is 0 Å². The highest BCUT2D eigenvalue weighted by molar-refractivity contribution is 6.15. The van der Waals surface area contributed by atoms with Crippen LogP contribution < -0.4 is 0 Å². The molecule has 68 heavy (non-hydrogen) atoms. The molecule has 0 saturated heterocycles. The van der Waals surface area contributed by atoms with Gasteiger partial charge in [-0.25, -0.2) is 0 Å². The predicted molar refractivity (Wildman–Crippen MR) is 288 cm³/mol. The number of benzene rings is 11. The minimum absolute atomic E-state index is 0.808. The quantitative estimate of drug-likeness (QED) is 0.143. The summed E-state index contributed by atoms with van der Waals surface area (Å²) in [5.74, 6) is 0. The van der Waals surface area contributed by atoms with Gasteiger partial charge < -0.3 is 0 Å². The van der Waals surface area contributed by atoms with E-state index in [0.717, 1.165) is 12.8 Å². The fourth-order valence-electron chi connectivity index (χ4n) is 11.1. The monoisotopic (exact) mass is 864 g/mol. The molecule has 1 aliphatic carbocycles. The zero-order valence-corrected chi connectivity index (χ0v) is 37.8. The highest BCUT2D eigenvalue weighted by atomic mass is 14.4. The van der Waals surface area contributed by atoms with Gasteiger partial charge in [-0.1, -0.05) is 267 Å². The smallest absolute Gasteiger partial charge is 0.00141 e. The van der Waals surface area contributed by atoms with Crippen LogP contribution in [0.4, 0.5) is 0 Å². The first kappa shape index (κ1) is 40.9. The van der Waals surface area contributed by atoms with Crippen molar-refractivity contribution in [3.05, 3.63) is 278 Å². The summed E-state index contributed by atoms with van der Waals surface area (Å²) in [5.41, 5.74) is 27.5. The second kappa shape index (κ2) is 18.0. The van der Waals surface area contributed by atoms with Crippen LogP contribution >= 0.6 is 0 Å². The van der Waals surface area contributed by atoms with Crippen LogP contribution in [0.3, 0.4) is 0 Å². The van der Waals surface area contributed by atoms with E-state index in [0.29, 0.717) is 0 Å². The lowest BCUT2D eigenvalue weighted by atomic mass is 9.69. The van der Waals surface area contributed by atoms with Gasteiger partial charge in [0.15, 0.2) is 0 Å². The summed E-state index contributed by atoms with van der Waals surface area (Å²) in [6, 6.07) is 98.5. The lowest BCUT2D eigenvalue weighted by molar-refractivity contribution is 0.965. The minimum Gasteiger partial charge on any atom is -0.0622 e. The van der Waals surface area contributed by atoms with E-state index in [-0.39, 0.29) is 0 Å². The van der Waals surface area contributed by atoms with Crippen molar-refractivity contribution in [2.45, 2.75) is 12.8 Å². The van der Waals surface area contributed by atoms with E-state index in [1.807, 2.05) is 0 Å². The molecule has 11 aromatic rings. The van der Waals surface area contributed by atoms with Gasteiger partial charge in [0, 0.05) is 0 Å². The second-order valence-electron chi connectivity index (χ2n) is 17.7. The van der Waals surface area contributed by atoms with Crippen LogP contribution in [0.25, 0.3) is 111 Å². The maximum absolute atomic E-state index is 2.41. The molecular weight excluding hydrogens is 817 g/mol. The summed E-state index contributed by atoms with van der Waals surface area (Å²) in [6.45, 7) is 0. The average Bonchev–Trinajstić information content (AvgIpc) is 3.42. The maximum Gasteiger partial charge on any atom is -0.00141 e. The molecule has 0 radical (unpaired) electrons. The van der Waals surface area contributed by atoms with Crippen LogP contribution in [0, 0.1) is 0 Å². The fraction of sp³-hybridized carbons (Fsp3) is 0.0294. The molecule has 0 unspecified atom stereocenters. The number of rotatable bonds is 8. The molecule has 0 fully saturated rings. The van der Waals surface area contributed by atoms with Gasteiger partial charge in [-0.3, -0.25) is 0 Å². The second-order valence-corrected chi connectivity index (χ2v) is 17.7. The molecule has 0 aliphatic heterocycles. The van der Waals surface area contributed by atoms with Crippen LogP contribution in [0.5, 0.6) is 0 Å². The third kappa shape index (κ3) is 7.19. The average molecular weight is 865 g/mol. The Hall–Kier alpha value is -8.58. The molecule has 0 nitrogen and oxygen atoms in total. The summed E-state index contributed by atoms with van der Waals surface area (Å²) in [7, 11) is 0. The molecule has 0 N–H and O–H groups in total. The third-order valence-electron chi connectivity index (χ3n) is 13.8. The Bertz CT molecular complexity index is 3290. The highest BCUT2D eigenvalue weighted by Gasteiger charge is 2.34. The standard InChI is InChI=1S/C68H48/c1-9-27-47(28-10-1)59-57-45-46-58-60(48-29-11-2-12-30-48)62(50-33-15-4-16-34-50)64(52-37-19-6-20-38-52)66(54-41-23-8-24-42-54)68(58)56-44-26-25-43-55(56)67(57)65(53-39-21-7-22-40-53)63(51-35-17-5-18-36-51)61(59)49-31-13-3-14-32-49/h1-44H,45-46H2. The molecule has 0 spiro atoms. The van der Waals surface area contributed by atoms with E-state index >= 15 is 0 Å². The van der Waals surface area contributed by atoms with E-state index in [4.69, 9.17) is 0 Å². The van der Waals surface area contributed by atoms with Gasteiger partial charge in [0.25, 0.3) is 0 Å². The maximum atomic E-state index is 2.41. The highest BCUT2D eigenvalue weighted by Crippen LogP contribution is 2.59. The molecule has 0 heterocycles. The lowest BCUT2D eigenvalue weighted by Crippen LogP contribution is -2.11. The molecule has 0 amide bonds. The summed E-state index contributed by atoms with van der Waals surface area (Å²) in [4.78, 5) is 0. The van der Waals surface area contributed by atoms with Crippen molar-refractivity contribution in [2.75, 3.05) is 0 Å². The molecule has 0 saturated carbocycles. The summed E-state index contributed by atoms with van der Waals surface area (Å²) in [5, 5.41) is 0. The molecule has 1 aliphatic rings. The predicted octanol–water partition coefficient (Wildman–Crippen LogP) is 18.5. The largest absolute Gasteiger partial charge is 0.0622 e. The molecule has 11 aromatic carbocycles.